The summed E-state index contributed by atoms with van der Waals surface area (Å²) in [7, 11) is -6.65. The van der Waals surface area contributed by atoms with Crippen LogP contribution in [0.3, 0.4) is 0 Å². The van der Waals surface area contributed by atoms with E-state index in [0.717, 1.165) is 19.6 Å². The number of rotatable bonds is 16. The number of benzene rings is 1. The van der Waals surface area contributed by atoms with Crippen molar-refractivity contribution in [2.24, 2.45) is 4.40 Å². The Kier molecular flexibility index (Phi) is 12.6. The van der Waals surface area contributed by atoms with Crippen LogP contribution >= 0.6 is 11.3 Å². The summed E-state index contributed by atoms with van der Waals surface area (Å²) in [6.07, 6.45) is 3.37. The van der Waals surface area contributed by atoms with E-state index in [1.165, 1.54) is 16.6 Å². The summed E-state index contributed by atoms with van der Waals surface area (Å²) in [5.41, 5.74) is 4.77. The highest BCUT2D eigenvalue weighted by atomic mass is 32.3. The van der Waals surface area contributed by atoms with E-state index in [2.05, 4.69) is 44.1 Å². The molecule has 1 aromatic carbocycles. The van der Waals surface area contributed by atoms with E-state index in [4.69, 9.17) is 4.74 Å². The van der Waals surface area contributed by atoms with Crippen LogP contribution in [0.4, 0.5) is 5.69 Å². The van der Waals surface area contributed by atoms with Crippen LogP contribution in [0.25, 0.3) is 11.6 Å². The van der Waals surface area contributed by atoms with Gasteiger partial charge in [-0.25, -0.2) is 8.42 Å². The van der Waals surface area contributed by atoms with Crippen LogP contribution < -0.4 is 16.0 Å². The first-order valence-corrected chi connectivity index (χ1v) is 21.0. The average Bonchev–Trinajstić information content (AvgIpc) is 3.78. The van der Waals surface area contributed by atoms with Crippen LogP contribution in [0, 0.1) is 13.8 Å². The number of sulfonamides is 2. The number of hydrogen-bond donors (Lipinski definition) is 4. The number of anilines is 1. The molecule has 2 aliphatic heterocycles. The summed E-state index contributed by atoms with van der Waals surface area (Å²) in [6.45, 7) is 14.1. The molecule has 0 unspecified atom stereocenters. The van der Waals surface area contributed by atoms with E-state index in [1.807, 2.05) is 20.8 Å². The normalized spacial score (nSPS) is 17.9. The van der Waals surface area contributed by atoms with Gasteiger partial charge in [0.15, 0.2) is 0 Å². The predicted octanol–water partition coefficient (Wildman–Crippen LogP) is 3.76. The monoisotopic (exact) mass is 773 g/mol. The van der Waals surface area contributed by atoms with Crippen molar-refractivity contribution in [3.05, 3.63) is 63.5 Å². The highest BCUT2D eigenvalue weighted by molar-refractivity contribution is 7.94. The fourth-order valence-electron chi connectivity index (χ4n) is 6.44. The summed E-state index contributed by atoms with van der Waals surface area (Å²) >= 11 is 0.692. The van der Waals surface area contributed by atoms with Crippen LogP contribution in [0.2, 0.25) is 0 Å². The molecule has 0 saturated heterocycles. The number of H-pyrrole nitrogens is 1. The molecule has 52 heavy (non-hydrogen) atoms. The van der Waals surface area contributed by atoms with Gasteiger partial charge in [0.1, 0.15) is 8.42 Å². The number of aryl methyl sites for hydroxylation is 1. The Hall–Kier alpha value is -3.71. The standard InChI is InChI=1S/C35H47N7O7S3/c1-7-36-30-21-42(14-10-16-49-6)52(47,48)35-27(30)19-31(50-35)51(45,46)38-20-24-11-12-28-25(17-24)26(33(43)40-28)18-29-22(4)32(23(5)39-29)34(44)37-13-15-41(8-2)9-3/h11-12,17-20,30,36,39H,7-10,13-16,21H2,1-6H3,(H,37,44)(H,40,43)/b26-18-,38-20+/t30-/m0/s1. The van der Waals surface area contributed by atoms with Gasteiger partial charge in [-0.1, -0.05) is 26.8 Å². The number of fused-ring (bicyclic) bond motifs is 2. The lowest BCUT2D eigenvalue weighted by atomic mass is 10.0. The predicted molar refractivity (Wildman–Crippen MR) is 204 cm³/mol. The number of aromatic amines is 1. The molecule has 0 fully saturated rings. The zero-order chi connectivity index (χ0) is 37.8. The van der Waals surface area contributed by atoms with E-state index in [9.17, 15) is 26.4 Å². The smallest absolute Gasteiger partial charge is 0.291 e. The van der Waals surface area contributed by atoms with Gasteiger partial charge < -0.3 is 30.6 Å². The Labute approximate surface area is 309 Å². The number of amides is 2. The number of likely N-dealkylation sites (N-methyl/N-ethyl adjacent to an activating group) is 2. The van der Waals surface area contributed by atoms with E-state index < -0.39 is 20.0 Å². The first-order chi connectivity index (χ1) is 24.7. The van der Waals surface area contributed by atoms with Gasteiger partial charge >= 0.3 is 0 Å². The highest BCUT2D eigenvalue weighted by Crippen LogP contribution is 2.41. The van der Waals surface area contributed by atoms with Gasteiger partial charge in [-0.15, -0.1) is 11.3 Å². The molecule has 0 spiro atoms. The minimum absolute atomic E-state index is 0.0112. The topological polar surface area (TPSA) is 182 Å². The van der Waals surface area contributed by atoms with Gasteiger partial charge in [0.25, 0.3) is 31.9 Å². The van der Waals surface area contributed by atoms with Crippen molar-refractivity contribution in [1.82, 2.24) is 24.8 Å². The van der Waals surface area contributed by atoms with Gasteiger partial charge in [-0.3, -0.25) is 9.59 Å². The molecule has 17 heteroatoms. The Balaban J connectivity index is 1.39. The molecule has 0 bridgehead atoms. The van der Waals surface area contributed by atoms with E-state index in [-0.39, 0.29) is 39.4 Å². The number of ether oxygens (including phenoxy) is 1. The summed E-state index contributed by atoms with van der Waals surface area (Å²) in [6, 6.07) is 5.98. The molecule has 2 aliphatic rings. The average molecular weight is 774 g/mol. The van der Waals surface area contributed by atoms with Crippen molar-refractivity contribution >= 4 is 66.7 Å². The molecular weight excluding hydrogens is 727 g/mol. The summed E-state index contributed by atoms with van der Waals surface area (Å²) in [5, 5.41) is 9.10. The fourth-order valence-corrected chi connectivity index (χ4v) is 11.2. The number of nitrogens with one attached hydrogen (secondary N) is 4. The number of carbonyl (C=O) groups excluding carboxylic acids is 2. The van der Waals surface area contributed by atoms with Crippen LogP contribution in [-0.4, -0.2) is 109 Å². The van der Waals surface area contributed by atoms with Crippen molar-refractivity contribution < 1.29 is 31.2 Å². The third-order valence-corrected chi connectivity index (χ3v) is 14.5. The van der Waals surface area contributed by atoms with Crippen molar-refractivity contribution in [3.8, 4) is 0 Å². The maximum absolute atomic E-state index is 13.5. The van der Waals surface area contributed by atoms with Crippen molar-refractivity contribution in [2.75, 3.05) is 64.8 Å². The number of methoxy groups -OCH3 is 1. The molecule has 3 aromatic rings. The van der Waals surface area contributed by atoms with E-state index in [1.54, 1.807) is 31.4 Å². The van der Waals surface area contributed by atoms with Crippen LogP contribution in [0.1, 0.15) is 77.2 Å². The van der Waals surface area contributed by atoms with Crippen molar-refractivity contribution in [2.45, 2.75) is 55.5 Å². The summed E-state index contributed by atoms with van der Waals surface area (Å²) < 4.78 is 64.2. The summed E-state index contributed by atoms with van der Waals surface area (Å²) in [4.78, 5) is 31.7. The number of aromatic nitrogens is 1. The van der Waals surface area contributed by atoms with Crippen LogP contribution in [-0.2, 0) is 29.6 Å². The molecule has 1 atom stereocenters. The van der Waals surface area contributed by atoms with Crippen molar-refractivity contribution in [1.29, 1.82) is 0 Å². The molecule has 0 aliphatic carbocycles. The number of carbonyl (C=O) groups is 2. The van der Waals surface area contributed by atoms with Crippen LogP contribution in [0.5, 0.6) is 0 Å². The third-order valence-electron chi connectivity index (χ3n) is 9.27. The minimum Gasteiger partial charge on any atom is -0.385 e. The van der Waals surface area contributed by atoms with Gasteiger partial charge in [0, 0.05) is 80.4 Å². The lowest BCUT2D eigenvalue weighted by Crippen LogP contribution is -2.43. The van der Waals surface area contributed by atoms with Crippen LogP contribution in [0.15, 0.2) is 37.1 Å². The molecule has 282 valence electrons. The minimum atomic E-state index is -4.28. The van der Waals surface area contributed by atoms with Gasteiger partial charge in [0.05, 0.1) is 11.1 Å². The van der Waals surface area contributed by atoms with Gasteiger partial charge in [0.2, 0.25) is 0 Å². The van der Waals surface area contributed by atoms with E-state index >= 15 is 0 Å². The zero-order valence-electron chi connectivity index (χ0n) is 30.3. The largest absolute Gasteiger partial charge is 0.385 e. The SMILES string of the molecule is CCN[C@H]1CN(CCCOC)S(=O)(=O)c2sc(S(=O)(=O)/N=C/c3ccc4c(c3)/C(=C/c3[nH]c(C)c(C(=O)NCCN(CC)CC)c3C)C(=O)N4)cc21. The number of nitrogens with zero attached hydrogens (tertiary/aromatic N) is 3. The number of thiophene rings is 1. The molecule has 0 radical (unpaired) electrons. The van der Waals surface area contributed by atoms with E-state index in [0.29, 0.717) is 87.9 Å². The second-order valence-corrected chi connectivity index (χ2v) is 17.6. The molecular formula is C35H47N7O7S3. The van der Waals surface area contributed by atoms with Crippen molar-refractivity contribution in [3.63, 3.8) is 0 Å². The molecule has 4 N–H and O–H groups in total. The fraction of sp³-hybridized carbons (Fsp3) is 0.457. The highest BCUT2D eigenvalue weighted by Gasteiger charge is 2.40. The molecule has 0 saturated carbocycles. The number of hydrogen-bond acceptors (Lipinski definition) is 10. The van der Waals surface area contributed by atoms with Gasteiger partial charge in [-0.05, 0) is 75.3 Å². The second kappa shape index (κ2) is 16.5. The Morgan fingerprint density at radius 2 is 1.94 bits per heavy atom. The molecule has 2 aromatic heterocycles. The third kappa shape index (κ3) is 8.25. The first kappa shape index (κ1) is 39.5. The molecule has 2 amide bonds. The van der Waals surface area contributed by atoms with Gasteiger partial charge in [-0.2, -0.15) is 17.1 Å². The quantitative estimate of drug-likeness (QED) is 0.0958. The zero-order valence-corrected chi connectivity index (χ0v) is 32.8. The second-order valence-electron chi connectivity index (χ2n) is 12.6. The molecule has 14 nitrogen and oxygen atoms in total. The molecule has 4 heterocycles. The molecule has 5 rings (SSSR count). The first-order valence-electron chi connectivity index (χ1n) is 17.3. The maximum Gasteiger partial charge on any atom is 0.291 e. The Bertz CT molecular complexity index is 2100. The summed E-state index contributed by atoms with van der Waals surface area (Å²) in [5.74, 6) is -0.537. The Morgan fingerprint density at radius 1 is 1.19 bits per heavy atom. The lowest BCUT2D eigenvalue weighted by molar-refractivity contribution is -0.110. The lowest BCUT2D eigenvalue weighted by Gasteiger charge is -2.32. The Morgan fingerprint density at radius 3 is 2.63 bits per heavy atom. The maximum atomic E-state index is 13.5.